The van der Waals surface area contributed by atoms with Crippen molar-refractivity contribution in [1.29, 1.82) is 0 Å². The standard InChI is InChI=1S/C13H15ClN4/c1-18-12(8-15-11-5-6-11)16-17-13(18)9-3-2-4-10(14)7-9/h2-4,7,11,15H,5-6,8H2,1H3. The first-order chi connectivity index (χ1) is 8.74. The SMILES string of the molecule is Cn1c(CNC2CC2)nnc1-c1cccc(Cl)c1. The quantitative estimate of drug-likeness (QED) is 0.920. The van der Waals surface area contributed by atoms with Crippen LogP contribution in [0.1, 0.15) is 18.7 Å². The summed E-state index contributed by atoms with van der Waals surface area (Å²) in [5, 5.41) is 12.6. The summed E-state index contributed by atoms with van der Waals surface area (Å²) in [4.78, 5) is 0. The zero-order chi connectivity index (χ0) is 12.5. The third-order valence-electron chi connectivity index (χ3n) is 3.17. The fraction of sp³-hybridized carbons (Fsp3) is 0.385. The second-order valence-corrected chi connectivity index (χ2v) is 5.10. The molecule has 1 aliphatic rings. The van der Waals surface area contributed by atoms with Crippen molar-refractivity contribution in [3.05, 3.63) is 35.1 Å². The van der Waals surface area contributed by atoms with Crippen LogP contribution in [-0.4, -0.2) is 20.8 Å². The predicted molar refractivity (Wildman–Crippen MR) is 71.3 cm³/mol. The Labute approximate surface area is 111 Å². The summed E-state index contributed by atoms with van der Waals surface area (Å²) in [5.74, 6) is 1.81. The van der Waals surface area contributed by atoms with Gasteiger partial charge in [0.1, 0.15) is 5.82 Å². The third-order valence-corrected chi connectivity index (χ3v) is 3.41. The average molecular weight is 263 g/mol. The van der Waals surface area contributed by atoms with Gasteiger partial charge in [-0.05, 0) is 25.0 Å². The van der Waals surface area contributed by atoms with Crippen LogP contribution < -0.4 is 5.32 Å². The van der Waals surface area contributed by atoms with Gasteiger partial charge in [0, 0.05) is 23.7 Å². The molecule has 1 saturated carbocycles. The Morgan fingerprint density at radius 2 is 2.22 bits per heavy atom. The average Bonchev–Trinajstić information content (AvgIpc) is 3.11. The summed E-state index contributed by atoms with van der Waals surface area (Å²) in [6.07, 6.45) is 2.55. The van der Waals surface area contributed by atoms with Gasteiger partial charge in [0.25, 0.3) is 0 Å². The first-order valence-electron chi connectivity index (χ1n) is 6.11. The van der Waals surface area contributed by atoms with E-state index >= 15 is 0 Å². The van der Waals surface area contributed by atoms with E-state index in [4.69, 9.17) is 11.6 Å². The van der Waals surface area contributed by atoms with Gasteiger partial charge in [-0.3, -0.25) is 0 Å². The van der Waals surface area contributed by atoms with Crippen LogP contribution in [0.15, 0.2) is 24.3 Å². The van der Waals surface area contributed by atoms with Gasteiger partial charge in [0.15, 0.2) is 5.82 Å². The van der Waals surface area contributed by atoms with E-state index in [2.05, 4.69) is 15.5 Å². The zero-order valence-electron chi connectivity index (χ0n) is 10.2. The van der Waals surface area contributed by atoms with Crippen molar-refractivity contribution in [3.8, 4) is 11.4 Å². The lowest BCUT2D eigenvalue weighted by Crippen LogP contribution is -2.18. The van der Waals surface area contributed by atoms with Gasteiger partial charge in [0.2, 0.25) is 0 Å². The lowest BCUT2D eigenvalue weighted by molar-refractivity contribution is 0.634. The molecule has 94 valence electrons. The van der Waals surface area contributed by atoms with E-state index in [1.54, 1.807) is 0 Å². The molecule has 0 bridgehead atoms. The smallest absolute Gasteiger partial charge is 0.163 e. The van der Waals surface area contributed by atoms with Crippen molar-refractivity contribution in [1.82, 2.24) is 20.1 Å². The second kappa shape index (κ2) is 4.71. The van der Waals surface area contributed by atoms with E-state index < -0.39 is 0 Å². The number of nitrogens with zero attached hydrogens (tertiary/aromatic N) is 3. The van der Waals surface area contributed by atoms with Crippen LogP contribution in [-0.2, 0) is 13.6 Å². The fourth-order valence-electron chi connectivity index (χ4n) is 1.92. The minimum atomic E-state index is 0.677. The highest BCUT2D eigenvalue weighted by molar-refractivity contribution is 6.30. The Bertz CT molecular complexity index is 560. The van der Waals surface area contributed by atoms with Crippen LogP contribution in [0.4, 0.5) is 0 Å². The summed E-state index contributed by atoms with van der Waals surface area (Å²) < 4.78 is 2.01. The Morgan fingerprint density at radius 3 is 2.94 bits per heavy atom. The Kier molecular flexibility index (Phi) is 3.06. The van der Waals surface area contributed by atoms with Gasteiger partial charge in [-0.2, -0.15) is 0 Å². The van der Waals surface area contributed by atoms with Crippen molar-refractivity contribution < 1.29 is 0 Å². The first kappa shape index (κ1) is 11.7. The van der Waals surface area contributed by atoms with Gasteiger partial charge < -0.3 is 9.88 Å². The number of halogens is 1. The molecule has 1 heterocycles. The molecule has 2 aromatic rings. The molecule has 3 rings (SSSR count). The number of hydrogen-bond acceptors (Lipinski definition) is 3. The molecular formula is C13H15ClN4. The summed E-state index contributed by atoms with van der Waals surface area (Å²) in [6, 6.07) is 8.36. The fourth-order valence-corrected chi connectivity index (χ4v) is 2.11. The molecule has 1 aromatic carbocycles. The van der Waals surface area contributed by atoms with Gasteiger partial charge in [-0.15, -0.1) is 10.2 Å². The molecule has 0 unspecified atom stereocenters. The Balaban J connectivity index is 1.83. The van der Waals surface area contributed by atoms with Crippen LogP contribution in [0.5, 0.6) is 0 Å². The second-order valence-electron chi connectivity index (χ2n) is 4.66. The lowest BCUT2D eigenvalue weighted by Gasteiger charge is -2.05. The van der Waals surface area contributed by atoms with E-state index in [0.717, 1.165) is 23.8 Å². The Morgan fingerprint density at radius 1 is 1.39 bits per heavy atom. The normalized spacial score (nSPS) is 15.0. The molecule has 1 aliphatic carbocycles. The lowest BCUT2D eigenvalue weighted by atomic mass is 10.2. The van der Waals surface area contributed by atoms with Crippen molar-refractivity contribution >= 4 is 11.6 Å². The minimum Gasteiger partial charge on any atom is -0.313 e. The molecule has 0 spiro atoms. The molecule has 0 radical (unpaired) electrons. The maximum absolute atomic E-state index is 6.00. The zero-order valence-corrected chi connectivity index (χ0v) is 11.0. The number of benzene rings is 1. The third kappa shape index (κ3) is 2.40. The molecule has 0 aliphatic heterocycles. The summed E-state index contributed by atoms with van der Waals surface area (Å²) in [6.45, 7) is 0.773. The van der Waals surface area contributed by atoms with Crippen molar-refractivity contribution in [2.45, 2.75) is 25.4 Å². The Hall–Kier alpha value is -1.39. The summed E-state index contributed by atoms with van der Waals surface area (Å²) >= 11 is 6.00. The summed E-state index contributed by atoms with van der Waals surface area (Å²) in [7, 11) is 1.99. The molecule has 0 saturated heterocycles. The van der Waals surface area contributed by atoms with Gasteiger partial charge >= 0.3 is 0 Å². The number of rotatable bonds is 4. The molecule has 1 N–H and O–H groups in total. The maximum atomic E-state index is 6.00. The van der Waals surface area contributed by atoms with Crippen LogP contribution in [0.2, 0.25) is 5.02 Å². The highest BCUT2D eigenvalue weighted by Crippen LogP contribution is 2.22. The highest BCUT2D eigenvalue weighted by atomic mass is 35.5. The van der Waals surface area contributed by atoms with Crippen LogP contribution in [0.25, 0.3) is 11.4 Å². The molecule has 18 heavy (non-hydrogen) atoms. The minimum absolute atomic E-state index is 0.677. The van der Waals surface area contributed by atoms with Crippen LogP contribution in [0, 0.1) is 0 Å². The molecule has 0 amide bonds. The number of hydrogen-bond donors (Lipinski definition) is 1. The molecule has 0 atom stereocenters. The molecule has 5 heteroatoms. The van der Waals surface area contributed by atoms with Gasteiger partial charge in [-0.1, -0.05) is 23.7 Å². The van der Waals surface area contributed by atoms with Crippen molar-refractivity contribution in [2.24, 2.45) is 7.05 Å². The first-order valence-corrected chi connectivity index (χ1v) is 6.49. The van der Waals surface area contributed by atoms with E-state index in [0.29, 0.717) is 11.1 Å². The van der Waals surface area contributed by atoms with Crippen LogP contribution in [0.3, 0.4) is 0 Å². The number of nitrogens with one attached hydrogen (secondary N) is 1. The van der Waals surface area contributed by atoms with Gasteiger partial charge in [-0.25, -0.2) is 0 Å². The van der Waals surface area contributed by atoms with E-state index in [1.165, 1.54) is 12.8 Å². The van der Waals surface area contributed by atoms with E-state index in [9.17, 15) is 0 Å². The molecular weight excluding hydrogens is 248 g/mol. The van der Waals surface area contributed by atoms with Gasteiger partial charge in [0.05, 0.1) is 6.54 Å². The highest BCUT2D eigenvalue weighted by Gasteiger charge is 2.21. The molecule has 4 nitrogen and oxygen atoms in total. The van der Waals surface area contributed by atoms with Crippen LogP contribution >= 0.6 is 11.6 Å². The topological polar surface area (TPSA) is 42.7 Å². The maximum Gasteiger partial charge on any atom is 0.163 e. The largest absolute Gasteiger partial charge is 0.313 e. The predicted octanol–water partition coefficient (Wildman–Crippen LogP) is 2.39. The van der Waals surface area contributed by atoms with E-state index in [1.807, 2.05) is 35.9 Å². The monoisotopic (exact) mass is 262 g/mol. The van der Waals surface area contributed by atoms with Crippen molar-refractivity contribution in [3.63, 3.8) is 0 Å². The molecule has 1 aromatic heterocycles. The molecule has 1 fully saturated rings. The summed E-state index contributed by atoms with van der Waals surface area (Å²) in [5.41, 5.74) is 0.996. The van der Waals surface area contributed by atoms with Crippen molar-refractivity contribution in [2.75, 3.05) is 0 Å². The van der Waals surface area contributed by atoms with E-state index in [-0.39, 0.29) is 0 Å². The number of aromatic nitrogens is 3.